The summed E-state index contributed by atoms with van der Waals surface area (Å²) in [5.74, 6) is -0.424. The molecule has 0 heterocycles. The van der Waals surface area contributed by atoms with E-state index in [1.54, 1.807) is 43.3 Å². The number of hydrogen-bond acceptors (Lipinski definition) is 4. The van der Waals surface area contributed by atoms with Gasteiger partial charge in [-0.2, -0.15) is 4.31 Å². The van der Waals surface area contributed by atoms with Crippen LogP contribution < -0.4 is 0 Å². The number of nitrogens with zero attached hydrogens (tertiary/aromatic N) is 1. The smallest absolute Gasteiger partial charge is 0.307 e. The van der Waals surface area contributed by atoms with Crippen molar-refractivity contribution in [2.24, 2.45) is 0 Å². The predicted octanol–water partition coefficient (Wildman–Crippen LogP) is 4.78. The number of halogens is 1. The largest absolute Gasteiger partial charge is 0.466 e. The van der Waals surface area contributed by atoms with Crippen LogP contribution in [-0.2, 0) is 31.5 Å². The van der Waals surface area contributed by atoms with Crippen molar-refractivity contribution in [1.29, 1.82) is 0 Å². The molecule has 158 valence electrons. The first-order valence-electron chi connectivity index (χ1n) is 9.55. The molecule has 0 atom stereocenters. The topological polar surface area (TPSA) is 63.7 Å². The van der Waals surface area contributed by atoms with E-state index in [0.29, 0.717) is 5.02 Å². The minimum Gasteiger partial charge on any atom is -0.466 e. The lowest BCUT2D eigenvalue weighted by Crippen LogP contribution is -2.33. The third kappa shape index (κ3) is 6.56. The molecule has 0 radical (unpaired) electrons. The van der Waals surface area contributed by atoms with E-state index in [2.05, 4.69) is 20.8 Å². The fourth-order valence-corrected chi connectivity index (χ4v) is 4.36. The molecule has 2 rings (SSSR count). The molecular weight excluding hydrogens is 410 g/mol. The number of sulfonamides is 1. The first-order valence-corrected chi connectivity index (χ1v) is 11.4. The van der Waals surface area contributed by atoms with Gasteiger partial charge in [-0.1, -0.05) is 56.6 Å². The average Bonchev–Trinajstić information content (AvgIpc) is 2.66. The van der Waals surface area contributed by atoms with Crippen molar-refractivity contribution in [1.82, 2.24) is 4.31 Å². The highest BCUT2D eigenvalue weighted by molar-refractivity contribution is 7.89. The molecule has 5 nitrogen and oxygen atoms in total. The zero-order valence-corrected chi connectivity index (χ0v) is 18.9. The van der Waals surface area contributed by atoms with E-state index in [0.717, 1.165) is 11.1 Å². The second kappa shape index (κ2) is 9.74. The van der Waals surface area contributed by atoms with E-state index >= 15 is 0 Å². The summed E-state index contributed by atoms with van der Waals surface area (Å²) in [6.07, 6.45) is -0.0132. The first-order chi connectivity index (χ1) is 13.5. The maximum absolute atomic E-state index is 13.3. The van der Waals surface area contributed by atoms with Gasteiger partial charge in [-0.15, -0.1) is 0 Å². The summed E-state index contributed by atoms with van der Waals surface area (Å²) in [4.78, 5) is 12.0. The van der Waals surface area contributed by atoms with Gasteiger partial charge in [0.25, 0.3) is 0 Å². The van der Waals surface area contributed by atoms with E-state index in [1.165, 1.54) is 4.31 Å². The minimum absolute atomic E-state index is 0.0132. The Morgan fingerprint density at radius 1 is 1.03 bits per heavy atom. The van der Waals surface area contributed by atoms with Gasteiger partial charge in [0.2, 0.25) is 10.0 Å². The molecule has 29 heavy (non-hydrogen) atoms. The number of carbonyl (C=O) groups is 1. The Hall–Kier alpha value is -1.89. The van der Waals surface area contributed by atoms with Crippen LogP contribution in [0.3, 0.4) is 0 Å². The molecule has 2 aromatic carbocycles. The molecule has 0 fully saturated rings. The third-order valence-electron chi connectivity index (χ3n) is 4.50. The molecule has 0 aliphatic heterocycles. The molecule has 0 aromatic heterocycles. The Balaban J connectivity index is 2.31. The highest BCUT2D eigenvalue weighted by Gasteiger charge is 2.26. The van der Waals surface area contributed by atoms with Crippen LogP contribution in [0.4, 0.5) is 0 Å². The zero-order valence-electron chi connectivity index (χ0n) is 17.3. The van der Waals surface area contributed by atoms with E-state index in [4.69, 9.17) is 16.3 Å². The second-order valence-electron chi connectivity index (χ2n) is 7.79. The van der Waals surface area contributed by atoms with Crippen molar-refractivity contribution in [3.63, 3.8) is 0 Å². The SMILES string of the molecule is CCOC(=O)CCN(Cc1ccc(Cl)cc1)S(=O)(=O)c1ccc(C(C)(C)C)cc1. The Bertz CT molecular complexity index is 917. The molecule has 0 aliphatic rings. The molecule has 0 spiro atoms. The summed E-state index contributed by atoms with van der Waals surface area (Å²) in [6, 6.07) is 13.9. The van der Waals surface area contributed by atoms with Gasteiger partial charge in [0, 0.05) is 18.1 Å². The molecule has 0 N–H and O–H groups in total. The molecule has 0 bridgehead atoms. The van der Waals surface area contributed by atoms with E-state index < -0.39 is 16.0 Å². The van der Waals surface area contributed by atoms with Crippen molar-refractivity contribution >= 4 is 27.6 Å². The Morgan fingerprint density at radius 2 is 1.62 bits per heavy atom. The van der Waals surface area contributed by atoms with Crippen LogP contribution in [0.5, 0.6) is 0 Å². The summed E-state index contributed by atoms with van der Waals surface area (Å²) in [5.41, 5.74) is 1.76. The molecular formula is C22H28ClNO4S. The van der Waals surface area contributed by atoms with Gasteiger partial charge in [0.05, 0.1) is 17.9 Å². The standard InChI is InChI=1S/C22H28ClNO4S/c1-5-28-21(25)14-15-24(16-17-6-10-19(23)11-7-17)29(26,27)20-12-8-18(9-13-20)22(2,3)4/h6-13H,5,14-16H2,1-4H3. The van der Waals surface area contributed by atoms with Crippen molar-refractivity contribution < 1.29 is 17.9 Å². The Kier molecular flexibility index (Phi) is 7.86. The van der Waals surface area contributed by atoms with Crippen LogP contribution in [0.2, 0.25) is 5.02 Å². The fraction of sp³-hybridized carbons (Fsp3) is 0.409. The highest BCUT2D eigenvalue weighted by atomic mass is 35.5. The van der Waals surface area contributed by atoms with Crippen molar-refractivity contribution in [2.75, 3.05) is 13.2 Å². The van der Waals surface area contributed by atoms with Gasteiger partial charge in [0.1, 0.15) is 0 Å². The number of rotatable bonds is 8. The molecule has 2 aromatic rings. The second-order valence-corrected chi connectivity index (χ2v) is 10.2. The van der Waals surface area contributed by atoms with Crippen LogP contribution in [-0.4, -0.2) is 31.8 Å². The van der Waals surface area contributed by atoms with Gasteiger partial charge in [-0.05, 0) is 47.7 Å². The lowest BCUT2D eigenvalue weighted by molar-refractivity contribution is -0.143. The van der Waals surface area contributed by atoms with E-state index in [-0.39, 0.29) is 36.4 Å². The summed E-state index contributed by atoms with van der Waals surface area (Å²) >= 11 is 5.93. The number of ether oxygens (including phenoxy) is 1. The summed E-state index contributed by atoms with van der Waals surface area (Å²) in [5, 5.41) is 0.576. The maximum atomic E-state index is 13.3. The predicted molar refractivity (Wildman–Crippen MR) is 115 cm³/mol. The number of hydrogen-bond donors (Lipinski definition) is 0. The van der Waals surface area contributed by atoms with Crippen LogP contribution in [0.15, 0.2) is 53.4 Å². The molecule has 0 saturated carbocycles. The number of carbonyl (C=O) groups excluding carboxylic acids is 1. The van der Waals surface area contributed by atoms with Crippen molar-refractivity contribution in [3.8, 4) is 0 Å². The summed E-state index contributed by atoms with van der Waals surface area (Å²) in [6.45, 7) is 8.37. The van der Waals surface area contributed by atoms with Gasteiger partial charge in [-0.3, -0.25) is 4.79 Å². The third-order valence-corrected chi connectivity index (χ3v) is 6.61. The monoisotopic (exact) mass is 437 g/mol. The highest BCUT2D eigenvalue weighted by Crippen LogP contribution is 2.25. The van der Waals surface area contributed by atoms with Crippen LogP contribution in [0.25, 0.3) is 0 Å². The molecule has 0 unspecified atom stereocenters. The van der Waals surface area contributed by atoms with E-state index in [1.807, 2.05) is 12.1 Å². The molecule has 0 saturated heterocycles. The summed E-state index contributed by atoms with van der Waals surface area (Å²) < 4.78 is 32.8. The minimum atomic E-state index is -3.79. The lowest BCUT2D eigenvalue weighted by atomic mass is 9.87. The molecule has 0 amide bonds. The van der Waals surface area contributed by atoms with Gasteiger partial charge in [0.15, 0.2) is 0 Å². The van der Waals surface area contributed by atoms with Gasteiger partial charge < -0.3 is 4.74 Å². The fourth-order valence-electron chi connectivity index (χ4n) is 2.80. The maximum Gasteiger partial charge on any atom is 0.307 e. The average molecular weight is 438 g/mol. The Morgan fingerprint density at radius 3 is 2.14 bits per heavy atom. The normalized spacial score (nSPS) is 12.2. The number of benzene rings is 2. The van der Waals surface area contributed by atoms with Gasteiger partial charge in [-0.25, -0.2) is 8.42 Å². The van der Waals surface area contributed by atoms with Crippen LogP contribution in [0.1, 0.15) is 45.2 Å². The van der Waals surface area contributed by atoms with Crippen LogP contribution in [0, 0.1) is 0 Å². The Labute approximate surface area is 178 Å². The molecule has 0 aliphatic carbocycles. The van der Waals surface area contributed by atoms with Crippen molar-refractivity contribution in [2.45, 2.75) is 51.0 Å². The lowest BCUT2D eigenvalue weighted by Gasteiger charge is -2.23. The van der Waals surface area contributed by atoms with Crippen molar-refractivity contribution in [3.05, 3.63) is 64.7 Å². The molecule has 7 heteroatoms. The zero-order chi connectivity index (χ0) is 21.7. The van der Waals surface area contributed by atoms with E-state index in [9.17, 15) is 13.2 Å². The quantitative estimate of drug-likeness (QED) is 0.557. The van der Waals surface area contributed by atoms with Gasteiger partial charge >= 0.3 is 5.97 Å². The summed E-state index contributed by atoms with van der Waals surface area (Å²) in [7, 11) is -3.79. The first kappa shape index (κ1) is 23.4. The van der Waals surface area contributed by atoms with Crippen LogP contribution >= 0.6 is 11.6 Å². The number of esters is 1.